The van der Waals surface area contributed by atoms with Crippen LogP contribution < -0.4 is 11.1 Å². The number of carbonyl (C=O) groups excluding carboxylic acids is 1. The lowest BCUT2D eigenvalue weighted by Gasteiger charge is -2.65. The van der Waals surface area contributed by atoms with E-state index in [-0.39, 0.29) is 17.5 Å². The Kier molecular flexibility index (Phi) is 2.80. The van der Waals surface area contributed by atoms with Crippen LogP contribution in [-0.4, -0.2) is 17.5 Å². The third-order valence-electron chi connectivity index (χ3n) is 5.79. The second-order valence-electron chi connectivity index (χ2n) is 8.41. The van der Waals surface area contributed by atoms with E-state index >= 15 is 0 Å². The van der Waals surface area contributed by atoms with Gasteiger partial charge in [-0.25, -0.2) is 0 Å². The Balaban J connectivity index is 1.83. The van der Waals surface area contributed by atoms with Crippen LogP contribution in [0.1, 0.15) is 65.7 Å². The SMILES string of the molecule is CCC(N)C(=O)NC12CC3CC(C)(CC(C)(C3)C1)C2. The average molecular weight is 264 g/mol. The molecular formula is C16H28N2O. The van der Waals surface area contributed by atoms with E-state index in [2.05, 4.69) is 19.2 Å². The van der Waals surface area contributed by atoms with Crippen molar-refractivity contribution in [1.82, 2.24) is 5.32 Å². The Labute approximate surface area is 116 Å². The van der Waals surface area contributed by atoms with Crippen LogP contribution in [0, 0.1) is 16.7 Å². The molecule has 4 aliphatic carbocycles. The van der Waals surface area contributed by atoms with Gasteiger partial charge < -0.3 is 11.1 Å². The predicted octanol–water partition coefficient (Wildman–Crippen LogP) is 2.59. The third kappa shape index (κ3) is 2.20. The molecule has 4 bridgehead atoms. The molecule has 0 aromatic rings. The monoisotopic (exact) mass is 264 g/mol. The van der Waals surface area contributed by atoms with Gasteiger partial charge in [-0.15, -0.1) is 0 Å². The van der Waals surface area contributed by atoms with E-state index in [0.29, 0.717) is 10.8 Å². The quantitative estimate of drug-likeness (QED) is 0.823. The standard InChI is InChI=1S/C16H28N2O/c1-4-12(17)13(19)18-16-7-11-5-14(2,9-16)8-15(3,6-11)10-16/h11-12H,4-10,17H2,1-3H3,(H,18,19). The second kappa shape index (κ2) is 3.97. The van der Waals surface area contributed by atoms with Gasteiger partial charge in [-0.1, -0.05) is 20.8 Å². The van der Waals surface area contributed by atoms with Crippen LogP contribution in [0.4, 0.5) is 0 Å². The molecule has 0 radical (unpaired) electrons. The van der Waals surface area contributed by atoms with E-state index in [1.807, 2.05) is 6.92 Å². The molecule has 4 rings (SSSR count). The van der Waals surface area contributed by atoms with Crippen molar-refractivity contribution in [3.63, 3.8) is 0 Å². The Hall–Kier alpha value is -0.570. The van der Waals surface area contributed by atoms with Gasteiger partial charge in [-0.2, -0.15) is 0 Å². The molecule has 19 heavy (non-hydrogen) atoms. The first-order valence-electron chi connectivity index (χ1n) is 7.85. The predicted molar refractivity (Wildman–Crippen MR) is 76.5 cm³/mol. The number of carbonyl (C=O) groups is 1. The topological polar surface area (TPSA) is 55.1 Å². The Morgan fingerprint density at radius 1 is 1.21 bits per heavy atom. The fourth-order valence-electron chi connectivity index (χ4n) is 6.13. The fraction of sp³-hybridized carbons (Fsp3) is 0.938. The van der Waals surface area contributed by atoms with Gasteiger partial charge in [0.2, 0.25) is 5.91 Å². The third-order valence-corrected chi connectivity index (χ3v) is 5.79. The summed E-state index contributed by atoms with van der Waals surface area (Å²) in [5.74, 6) is 0.876. The normalized spacial score (nSPS) is 49.2. The van der Waals surface area contributed by atoms with Gasteiger partial charge in [0.25, 0.3) is 0 Å². The highest BCUT2D eigenvalue weighted by molar-refractivity contribution is 5.82. The van der Waals surface area contributed by atoms with Crippen molar-refractivity contribution in [2.75, 3.05) is 0 Å². The molecule has 0 aromatic heterocycles. The van der Waals surface area contributed by atoms with Crippen molar-refractivity contribution < 1.29 is 4.79 Å². The number of nitrogens with two attached hydrogens (primary N) is 1. The number of hydrogen-bond donors (Lipinski definition) is 2. The van der Waals surface area contributed by atoms with Gasteiger partial charge in [0.05, 0.1) is 6.04 Å². The maximum atomic E-state index is 12.2. The first-order valence-corrected chi connectivity index (χ1v) is 7.85. The van der Waals surface area contributed by atoms with Crippen LogP contribution in [0.2, 0.25) is 0 Å². The zero-order valence-corrected chi connectivity index (χ0v) is 12.6. The van der Waals surface area contributed by atoms with E-state index < -0.39 is 0 Å². The molecule has 3 heteroatoms. The lowest BCUT2D eigenvalue weighted by atomic mass is 9.43. The molecule has 4 fully saturated rings. The van der Waals surface area contributed by atoms with Gasteiger partial charge in [0, 0.05) is 5.54 Å². The Morgan fingerprint density at radius 3 is 2.26 bits per heavy atom. The lowest BCUT2D eigenvalue weighted by molar-refractivity contribution is -0.140. The molecule has 4 aliphatic rings. The summed E-state index contributed by atoms with van der Waals surface area (Å²) in [6, 6.07) is -0.339. The summed E-state index contributed by atoms with van der Waals surface area (Å²) in [6.07, 6.45) is 8.29. The van der Waals surface area contributed by atoms with Crippen molar-refractivity contribution in [2.24, 2.45) is 22.5 Å². The van der Waals surface area contributed by atoms with Gasteiger partial charge in [-0.05, 0) is 61.7 Å². The minimum atomic E-state index is -0.339. The highest BCUT2D eigenvalue weighted by Crippen LogP contribution is 2.66. The summed E-state index contributed by atoms with van der Waals surface area (Å²) in [5.41, 5.74) is 6.83. The summed E-state index contributed by atoms with van der Waals surface area (Å²) < 4.78 is 0. The highest BCUT2D eigenvalue weighted by atomic mass is 16.2. The van der Waals surface area contributed by atoms with Gasteiger partial charge in [0.15, 0.2) is 0 Å². The maximum absolute atomic E-state index is 12.2. The van der Waals surface area contributed by atoms with Crippen LogP contribution in [0.3, 0.4) is 0 Å². The molecule has 3 atom stereocenters. The molecule has 1 amide bonds. The van der Waals surface area contributed by atoms with Crippen LogP contribution in [0.25, 0.3) is 0 Å². The molecule has 3 N–H and O–H groups in total. The van der Waals surface area contributed by atoms with E-state index in [9.17, 15) is 4.79 Å². The smallest absolute Gasteiger partial charge is 0.237 e. The van der Waals surface area contributed by atoms with Crippen LogP contribution >= 0.6 is 0 Å². The number of rotatable bonds is 3. The molecule has 0 aliphatic heterocycles. The minimum absolute atomic E-state index is 0.0484. The number of amides is 1. The van der Waals surface area contributed by atoms with Crippen molar-refractivity contribution in [3.8, 4) is 0 Å². The summed E-state index contributed by atoms with van der Waals surface area (Å²) in [4.78, 5) is 12.2. The molecule has 0 spiro atoms. The van der Waals surface area contributed by atoms with Crippen molar-refractivity contribution in [2.45, 2.75) is 77.3 Å². The van der Waals surface area contributed by atoms with E-state index in [0.717, 1.165) is 25.2 Å². The summed E-state index contributed by atoms with van der Waals surface area (Å²) in [6.45, 7) is 6.83. The number of hydrogen-bond acceptors (Lipinski definition) is 2. The maximum Gasteiger partial charge on any atom is 0.237 e. The summed E-state index contributed by atoms with van der Waals surface area (Å²) in [5, 5.41) is 3.36. The molecule has 0 heterocycles. The fourth-order valence-corrected chi connectivity index (χ4v) is 6.13. The molecule has 3 unspecified atom stereocenters. The Morgan fingerprint density at radius 2 is 1.79 bits per heavy atom. The van der Waals surface area contributed by atoms with Crippen LogP contribution in [0.5, 0.6) is 0 Å². The molecule has 108 valence electrons. The first kappa shape index (κ1) is 13.4. The zero-order chi connectivity index (χ0) is 13.9. The largest absolute Gasteiger partial charge is 0.349 e. The molecule has 3 nitrogen and oxygen atoms in total. The number of nitrogens with one attached hydrogen (secondary N) is 1. The Bertz CT molecular complexity index is 388. The van der Waals surface area contributed by atoms with E-state index in [1.54, 1.807) is 0 Å². The van der Waals surface area contributed by atoms with Crippen LogP contribution in [0.15, 0.2) is 0 Å². The van der Waals surface area contributed by atoms with Gasteiger partial charge in [0.1, 0.15) is 0 Å². The van der Waals surface area contributed by atoms with Gasteiger partial charge in [-0.3, -0.25) is 4.79 Å². The molecule has 0 saturated heterocycles. The molecule has 0 aromatic carbocycles. The van der Waals surface area contributed by atoms with Crippen LogP contribution in [-0.2, 0) is 4.79 Å². The molecule has 4 saturated carbocycles. The summed E-state index contributed by atoms with van der Waals surface area (Å²) in [7, 11) is 0. The highest BCUT2D eigenvalue weighted by Gasteiger charge is 2.60. The van der Waals surface area contributed by atoms with E-state index in [1.165, 1.54) is 25.7 Å². The first-order chi connectivity index (χ1) is 8.77. The lowest BCUT2D eigenvalue weighted by Crippen LogP contribution is -2.66. The molecular weight excluding hydrogens is 236 g/mol. The van der Waals surface area contributed by atoms with Crippen molar-refractivity contribution in [3.05, 3.63) is 0 Å². The minimum Gasteiger partial charge on any atom is -0.349 e. The average Bonchev–Trinajstić information content (AvgIpc) is 2.21. The van der Waals surface area contributed by atoms with E-state index in [4.69, 9.17) is 5.73 Å². The van der Waals surface area contributed by atoms with Crippen molar-refractivity contribution >= 4 is 5.91 Å². The summed E-state index contributed by atoms with van der Waals surface area (Å²) >= 11 is 0. The van der Waals surface area contributed by atoms with Crippen molar-refractivity contribution in [1.29, 1.82) is 0 Å². The second-order valence-corrected chi connectivity index (χ2v) is 8.41. The van der Waals surface area contributed by atoms with Gasteiger partial charge >= 0.3 is 0 Å². The zero-order valence-electron chi connectivity index (χ0n) is 12.6.